The van der Waals surface area contributed by atoms with Gasteiger partial charge in [-0.2, -0.15) is 0 Å². The first-order valence-electron chi connectivity index (χ1n) is 11.9. The molecule has 8 heteroatoms. The van der Waals surface area contributed by atoms with Crippen molar-refractivity contribution in [1.82, 2.24) is 4.57 Å². The molecular formula is C28H30N2O5S. The highest BCUT2D eigenvalue weighted by Crippen LogP contribution is 2.32. The van der Waals surface area contributed by atoms with Crippen molar-refractivity contribution in [3.05, 3.63) is 90.6 Å². The van der Waals surface area contributed by atoms with Gasteiger partial charge in [-0.25, -0.2) is 9.79 Å². The van der Waals surface area contributed by atoms with E-state index >= 15 is 0 Å². The molecule has 1 atom stereocenters. The maximum absolute atomic E-state index is 13.7. The van der Waals surface area contributed by atoms with E-state index in [2.05, 4.69) is 13.8 Å². The van der Waals surface area contributed by atoms with Gasteiger partial charge in [-0.1, -0.05) is 68.5 Å². The van der Waals surface area contributed by atoms with Crippen LogP contribution in [0.4, 0.5) is 0 Å². The largest absolute Gasteiger partial charge is 0.493 e. The number of carbonyl (C=O) groups excluding carboxylic acids is 1. The van der Waals surface area contributed by atoms with E-state index in [9.17, 15) is 9.59 Å². The van der Waals surface area contributed by atoms with E-state index in [-0.39, 0.29) is 5.56 Å². The van der Waals surface area contributed by atoms with Crippen LogP contribution in [0, 0.1) is 5.92 Å². The highest BCUT2D eigenvalue weighted by molar-refractivity contribution is 7.07. The fraction of sp³-hybridized carbons (Fsp3) is 0.321. The van der Waals surface area contributed by atoms with Gasteiger partial charge in [0.1, 0.15) is 0 Å². The molecule has 0 saturated heterocycles. The number of benzene rings is 2. The number of allylic oxidation sites excluding steroid dienone is 1. The first-order valence-corrected chi connectivity index (χ1v) is 12.7. The summed E-state index contributed by atoms with van der Waals surface area (Å²) >= 11 is 1.30. The van der Waals surface area contributed by atoms with Gasteiger partial charge in [-0.3, -0.25) is 9.36 Å². The lowest BCUT2D eigenvalue weighted by Gasteiger charge is -2.25. The highest BCUT2D eigenvalue weighted by atomic mass is 32.1. The maximum Gasteiger partial charge on any atom is 0.338 e. The summed E-state index contributed by atoms with van der Waals surface area (Å²) in [6, 6.07) is 14.5. The molecule has 0 spiro atoms. The third-order valence-electron chi connectivity index (χ3n) is 5.82. The molecule has 2 aromatic carbocycles. The zero-order valence-corrected chi connectivity index (χ0v) is 21.9. The quantitative estimate of drug-likeness (QED) is 0.434. The topological polar surface area (TPSA) is 79.1 Å². The average molecular weight is 507 g/mol. The summed E-state index contributed by atoms with van der Waals surface area (Å²) in [6.07, 6.45) is 2.35. The summed E-state index contributed by atoms with van der Waals surface area (Å²) in [5, 5.41) is 0. The van der Waals surface area contributed by atoms with Gasteiger partial charge in [0, 0.05) is 0 Å². The molecule has 0 amide bonds. The summed E-state index contributed by atoms with van der Waals surface area (Å²) < 4.78 is 18.6. The van der Waals surface area contributed by atoms with Crippen molar-refractivity contribution in [2.24, 2.45) is 10.9 Å². The summed E-state index contributed by atoms with van der Waals surface area (Å²) in [5.74, 6) is 1.15. The van der Waals surface area contributed by atoms with E-state index in [1.807, 2.05) is 61.5 Å². The molecule has 3 aromatic rings. The Hall–Kier alpha value is -3.65. The van der Waals surface area contributed by atoms with Crippen LogP contribution >= 0.6 is 11.3 Å². The van der Waals surface area contributed by atoms with Crippen molar-refractivity contribution < 1.29 is 19.0 Å². The summed E-state index contributed by atoms with van der Waals surface area (Å²) in [7, 11) is 2.94. The molecular weight excluding hydrogens is 476 g/mol. The van der Waals surface area contributed by atoms with Crippen molar-refractivity contribution in [1.29, 1.82) is 0 Å². The number of hydrogen-bond donors (Lipinski definition) is 0. The molecule has 0 N–H and O–H groups in total. The summed E-state index contributed by atoms with van der Waals surface area (Å²) in [6.45, 7) is 6.68. The first-order chi connectivity index (χ1) is 17.4. The van der Waals surface area contributed by atoms with Crippen LogP contribution in [-0.2, 0) is 9.53 Å². The van der Waals surface area contributed by atoms with Gasteiger partial charge in [0.25, 0.3) is 5.56 Å². The van der Waals surface area contributed by atoms with Crippen LogP contribution < -0.4 is 24.4 Å². The zero-order valence-electron chi connectivity index (χ0n) is 21.1. The van der Waals surface area contributed by atoms with Gasteiger partial charge in [0.15, 0.2) is 16.3 Å². The van der Waals surface area contributed by atoms with E-state index in [1.54, 1.807) is 11.7 Å². The second-order valence-electron chi connectivity index (χ2n) is 8.81. The van der Waals surface area contributed by atoms with Gasteiger partial charge in [0.2, 0.25) is 0 Å². The number of esters is 1. The summed E-state index contributed by atoms with van der Waals surface area (Å²) in [5.41, 5.74) is 2.41. The maximum atomic E-state index is 13.7. The SMILES string of the molecule is CCC1=C(C(=O)OC)[C@@H](c2ccccc2)n2c(s/c(=C\c3ccc(OCC(C)C)c(OC)c3)c2=O)=N1. The molecule has 36 heavy (non-hydrogen) atoms. The number of hydrogen-bond acceptors (Lipinski definition) is 7. The fourth-order valence-corrected chi connectivity index (χ4v) is 5.14. The minimum atomic E-state index is -0.617. The lowest BCUT2D eigenvalue weighted by Crippen LogP contribution is -2.40. The van der Waals surface area contributed by atoms with Crippen molar-refractivity contribution in [3.8, 4) is 11.5 Å². The second-order valence-corrected chi connectivity index (χ2v) is 9.82. The van der Waals surface area contributed by atoms with Gasteiger partial charge >= 0.3 is 5.97 Å². The number of fused-ring (bicyclic) bond motifs is 1. The Balaban J connectivity index is 1.86. The number of carbonyl (C=O) groups is 1. The van der Waals surface area contributed by atoms with Crippen molar-refractivity contribution in [2.45, 2.75) is 33.2 Å². The molecule has 4 rings (SSSR count). The Kier molecular flexibility index (Phi) is 7.74. The van der Waals surface area contributed by atoms with Gasteiger partial charge in [0.05, 0.1) is 42.7 Å². The van der Waals surface area contributed by atoms with Crippen molar-refractivity contribution in [3.63, 3.8) is 0 Å². The minimum absolute atomic E-state index is 0.219. The predicted octanol–water partition coefficient (Wildman–Crippen LogP) is 3.84. The number of nitrogens with zero attached hydrogens (tertiary/aromatic N) is 2. The van der Waals surface area contributed by atoms with Crippen LogP contribution in [0.15, 0.2) is 69.6 Å². The number of ether oxygens (including phenoxy) is 3. The van der Waals surface area contributed by atoms with Crippen LogP contribution in [0.5, 0.6) is 11.5 Å². The van der Waals surface area contributed by atoms with E-state index < -0.39 is 12.0 Å². The first kappa shape index (κ1) is 25.4. The third kappa shape index (κ3) is 4.99. The Bertz CT molecular complexity index is 1470. The van der Waals surface area contributed by atoms with Crippen LogP contribution in [0.1, 0.15) is 44.4 Å². The molecule has 2 heterocycles. The average Bonchev–Trinajstić information content (AvgIpc) is 3.20. The molecule has 1 aromatic heterocycles. The Morgan fingerprint density at radius 2 is 1.89 bits per heavy atom. The van der Waals surface area contributed by atoms with Crippen molar-refractivity contribution in [2.75, 3.05) is 20.8 Å². The van der Waals surface area contributed by atoms with Crippen LogP contribution in [0.3, 0.4) is 0 Å². The molecule has 0 fully saturated rings. The standard InChI is InChI=1S/C28H30N2O5S/c1-6-20-24(27(32)34-5)25(19-10-8-7-9-11-19)30-26(31)23(36-28(30)29-20)15-18-12-13-21(22(14-18)33-4)35-16-17(2)3/h7-15,17,25H,6,16H2,1-5H3/b23-15-/t25-/m1/s1. The van der Waals surface area contributed by atoms with E-state index in [1.165, 1.54) is 18.4 Å². The number of aromatic nitrogens is 1. The monoisotopic (exact) mass is 506 g/mol. The lowest BCUT2D eigenvalue weighted by molar-refractivity contribution is -0.136. The van der Waals surface area contributed by atoms with Crippen LogP contribution in [-0.4, -0.2) is 31.4 Å². The van der Waals surface area contributed by atoms with E-state index in [4.69, 9.17) is 19.2 Å². The predicted molar refractivity (Wildman–Crippen MR) is 140 cm³/mol. The van der Waals surface area contributed by atoms with Gasteiger partial charge in [-0.15, -0.1) is 0 Å². The number of thiazole rings is 1. The molecule has 0 aliphatic carbocycles. The molecule has 188 valence electrons. The Labute approximate surface area is 214 Å². The van der Waals surface area contributed by atoms with E-state index in [0.29, 0.717) is 51.0 Å². The van der Waals surface area contributed by atoms with Gasteiger partial charge < -0.3 is 14.2 Å². The molecule has 0 bridgehead atoms. The number of methoxy groups -OCH3 is 2. The second kappa shape index (κ2) is 11.0. The molecule has 0 radical (unpaired) electrons. The smallest absolute Gasteiger partial charge is 0.338 e. The molecule has 0 saturated carbocycles. The normalized spacial score (nSPS) is 15.5. The third-order valence-corrected chi connectivity index (χ3v) is 6.81. The Morgan fingerprint density at radius 3 is 2.53 bits per heavy atom. The zero-order chi connectivity index (χ0) is 25.8. The molecule has 1 aliphatic rings. The van der Waals surface area contributed by atoms with E-state index in [0.717, 1.165) is 11.1 Å². The lowest BCUT2D eigenvalue weighted by atomic mass is 9.95. The summed E-state index contributed by atoms with van der Waals surface area (Å²) in [4.78, 5) is 31.8. The molecule has 0 unspecified atom stereocenters. The number of rotatable bonds is 8. The Morgan fingerprint density at radius 1 is 1.14 bits per heavy atom. The van der Waals surface area contributed by atoms with Crippen LogP contribution in [0.2, 0.25) is 0 Å². The fourth-order valence-electron chi connectivity index (χ4n) is 4.12. The van der Waals surface area contributed by atoms with Crippen LogP contribution in [0.25, 0.3) is 6.08 Å². The molecule has 1 aliphatic heterocycles. The van der Waals surface area contributed by atoms with Crippen molar-refractivity contribution >= 4 is 23.4 Å². The van der Waals surface area contributed by atoms with Gasteiger partial charge in [-0.05, 0) is 41.7 Å². The highest BCUT2D eigenvalue weighted by Gasteiger charge is 2.33. The molecule has 7 nitrogen and oxygen atoms in total. The minimum Gasteiger partial charge on any atom is -0.493 e.